The van der Waals surface area contributed by atoms with E-state index in [0.29, 0.717) is 17.6 Å². The molecule has 0 aromatic carbocycles. The summed E-state index contributed by atoms with van der Waals surface area (Å²) in [6, 6.07) is 0. The molecule has 27 heavy (non-hydrogen) atoms. The van der Waals surface area contributed by atoms with Gasteiger partial charge in [0.15, 0.2) is 0 Å². The van der Waals surface area contributed by atoms with E-state index in [9.17, 15) is 14.7 Å². The fourth-order valence-corrected chi connectivity index (χ4v) is 4.64. The lowest BCUT2D eigenvalue weighted by Gasteiger charge is -2.46. The molecule has 150 valence electrons. The van der Waals surface area contributed by atoms with Crippen molar-refractivity contribution in [1.29, 1.82) is 0 Å². The lowest BCUT2D eigenvalue weighted by atomic mass is 9.64. The second-order valence-corrected chi connectivity index (χ2v) is 7.94. The third-order valence-corrected chi connectivity index (χ3v) is 6.03. The fourth-order valence-electron chi connectivity index (χ4n) is 4.64. The van der Waals surface area contributed by atoms with E-state index >= 15 is 0 Å². The molecule has 5 heteroatoms. The average molecular weight is 376 g/mol. The highest BCUT2D eigenvalue weighted by atomic mass is 16.6. The number of carbonyl (C=O) groups is 2. The first-order valence-electron chi connectivity index (χ1n) is 9.67. The number of ether oxygens (including phenoxy) is 2. The molecule has 6 atom stereocenters. The molecule has 0 heterocycles. The average Bonchev–Trinajstić information content (AvgIpc) is 2.95. The van der Waals surface area contributed by atoms with Crippen LogP contribution >= 0.6 is 0 Å². The van der Waals surface area contributed by atoms with Gasteiger partial charge in [0.25, 0.3) is 0 Å². The zero-order valence-electron chi connectivity index (χ0n) is 17.2. The molecule has 1 N–H and O–H groups in total. The van der Waals surface area contributed by atoms with Crippen LogP contribution in [0.15, 0.2) is 35.5 Å². The Labute approximate surface area is 162 Å². The topological polar surface area (TPSA) is 72.8 Å². The molecule has 0 aromatic rings. The Bertz CT molecular complexity index is 672. The SMILES string of the molecule is C=C1[C@H](O)[C@@H](OC(=O)/C(C)=C\C)[C@@H](C(C)C)[C@@H]2/C(=C/C)[C@@H](OC(C)=O)C[C@@H]12. The van der Waals surface area contributed by atoms with Gasteiger partial charge in [-0.15, -0.1) is 0 Å². The van der Waals surface area contributed by atoms with E-state index in [-0.39, 0.29) is 35.7 Å². The summed E-state index contributed by atoms with van der Waals surface area (Å²) in [5, 5.41) is 10.9. The van der Waals surface area contributed by atoms with Gasteiger partial charge in [0.1, 0.15) is 18.3 Å². The van der Waals surface area contributed by atoms with Crippen molar-refractivity contribution in [2.24, 2.45) is 23.7 Å². The van der Waals surface area contributed by atoms with Crippen molar-refractivity contribution < 1.29 is 24.2 Å². The van der Waals surface area contributed by atoms with Crippen LogP contribution in [0.25, 0.3) is 0 Å². The molecule has 0 amide bonds. The first-order valence-corrected chi connectivity index (χ1v) is 9.67. The molecule has 0 radical (unpaired) electrons. The number of aliphatic hydroxyl groups excluding tert-OH is 1. The van der Waals surface area contributed by atoms with Crippen molar-refractivity contribution in [1.82, 2.24) is 0 Å². The Hall–Kier alpha value is -1.88. The van der Waals surface area contributed by atoms with Crippen molar-refractivity contribution in [3.8, 4) is 0 Å². The molecule has 2 aliphatic carbocycles. The number of carbonyl (C=O) groups excluding carboxylic acids is 2. The van der Waals surface area contributed by atoms with Crippen LogP contribution in [-0.2, 0) is 19.1 Å². The number of hydrogen-bond acceptors (Lipinski definition) is 5. The second-order valence-electron chi connectivity index (χ2n) is 7.94. The maximum atomic E-state index is 12.4. The van der Waals surface area contributed by atoms with E-state index in [0.717, 1.165) is 5.57 Å². The van der Waals surface area contributed by atoms with Gasteiger partial charge >= 0.3 is 11.9 Å². The first kappa shape index (κ1) is 21.4. The van der Waals surface area contributed by atoms with Gasteiger partial charge in [-0.05, 0) is 56.1 Å². The van der Waals surface area contributed by atoms with Crippen molar-refractivity contribution in [3.05, 3.63) is 35.5 Å². The van der Waals surface area contributed by atoms with Gasteiger partial charge in [0.2, 0.25) is 0 Å². The summed E-state index contributed by atoms with van der Waals surface area (Å²) in [5.41, 5.74) is 2.19. The van der Waals surface area contributed by atoms with Crippen LogP contribution in [0, 0.1) is 23.7 Å². The Balaban J connectivity index is 2.44. The van der Waals surface area contributed by atoms with Crippen molar-refractivity contribution in [2.75, 3.05) is 0 Å². The van der Waals surface area contributed by atoms with Crippen LogP contribution in [0.1, 0.15) is 48.0 Å². The zero-order chi connectivity index (χ0) is 20.5. The second kappa shape index (κ2) is 8.42. The van der Waals surface area contributed by atoms with Gasteiger partial charge < -0.3 is 14.6 Å². The summed E-state index contributed by atoms with van der Waals surface area (Å²) in [6.45, 7) is 15.1. The van der Waals surface area contributed by atoms with Crippen molar-refractivity contribution >= 4 is 11.9 Å². The third-order valence-electron chi connectivity index (χ3n) is 6.03. The van der Waals surface area contributed by atoms with E-state index in [1.165, 1.54) is 6.92 Å². The fraction of sp³-hybridized carbons (Fsp3) is 0.636. The lowest BCUT2D eigenvalue weighted by Crippen LogP contribution is -2.51. The predicted octanol–water partition coefficient (Wildman–Crippen LogP) is 3.58. The molecule has 2 fully saturated rings. The summed E-state index contributed by atoms with van der Waals surface area (Å²) < 4.78 is 11.3. The normalized spacial score (nSPS) is 35.3. The number of rotatable bonds is 4. The molecule has 0 unspecified atom stereocenters. The van der Waals surface area contributed by atoms with E-state index in [1.54, 1.807) is 19.9 Å². The number of fused-ring (bicyclic) bond motifs is 1. The number of aliphatic hydroxyl groups is 1. The first-order chi connectivity index (χ1) is 12.6. The highest BCUT2D eigenvalue weighted by Crippen LogP contribution is 2.54. The molecule has 0 bridgehead atoms. The summed E-state index contributed by atoms with van der Waals surface area (Å²) in [4.78, 5) is 23.9. The van der Waals surface area contributed by atoms with Gasteiger partial charge in [-0.1, -0.05) is 32.6 Å². The van der Waals surface area contributed by atoms with Gasteiger partial charge in [-0.25, -0.2) is 4.79 Å². The van der Waals surface area contributed by atoms with Crippen LogP contribution < -0.4 is 0 Å². The minimum Gasteiger partial charge on any atom is -0.458 e. The largest absolute Gasteiger partial charge is 0.458 e. The Morgan fingerprint density at radius 3 is 2.33 bits per heavy atom. The molecular weight excluding hydrogens is 344 g/mol. The summed E-state index contributed by atoms with van der Waals surface area (Å²) in [5.74, 6) is -0.641. The molecule has 2 rings (SSSR count). The van der Waals surface area contributed by atoms with Crippen LogP contribution in [0.2, 0.25) is 0 Å². The molecule has 0 aliphatic heterocycles. The van der Waals surface area contributed by atoms with Crippen LogP contribution in [0.3, 0.4) is 0 Å². The molecule has 0 spiro atoms. The summed E-state index contributed by atoms with van der Waals surface area (Å²) >= 11 is 0. The molecular formula is C22H32O5. The van der Waals surface area contributed by atoms with Gasteiger partial charge in [0, 0.05) is 18.4 Å². The number of hydrogen-bond donors (Lipinski definition) is 1. The molecule has 2 saturated carbocycles. The van der Waals surface area contributed by atoms with E-state index < -0.39 is 18.2 Å². The summed E-state index contributed by atoms with van der Waals surface area (Å²) in [7, 11) is 0. The highest BCUT2D eigenvalue weighted by Gasteiger charge is 2.55. The molecule has 0 aromatic heterocycles. The smallest absolute Gasteiger partial charge is 0.333 e. The van der Waals surface area contributed by atoms with Crippen molar-refractivity contribution in [2.45, 2.75) is 66.3 Å². The molecule has 0 saturated heterocycles. The number of allylic oxidation sites excluding steroid dienone is 2. The Morgan fingerprint density at radius 2 is 1.85 bits per heavy atom. The maximum Gasteiger partial charge on any atom is 0.333 e. The van der Waals surface area contributed by atoms with E-state index in [2.05, 4.69) is 20.4 Å². The Kier molecular flexibility index (Phi) is 6.68. The maximum absolute atomic E-state index is 12.4. The zero-order valence-corrected chi connectivity index (χ0v) is 17.2. The predicted molar refractivity (Wildman–Crippen MR) is 104 cm³/mol. The monoisotopic (exact) mass is 376 g/mol. The molecule has 5 nitrogen and oxygen atoms in total. The third kappa shape index (κ3) is 4.03. The van der Waals surface area contributed by atoms with E-state index in [1.807, 2.05) is 13.0 Å². The standard InChI is InChI=1S/C22H32O5/c1-8-12(5)22(25)27-21-18(11(3)4)19-15(9-2)17(26-14(7)23)10-16(19)13(6)20(21)24/h8-9,11,16-21,24H,6,10H2,1-5,7H3/b12-8-,15-9+/t16-,17-,18-,19+,20-,21-/m0/s1. The molecule has 2 aliphatic rings. The van der Waals surface area contributed by atoms with Crippen LogP contribution in [0.5, 0.6) is 0 Å². The quantitative estimate of drug-likeness (QED) is 0.461. The van der Waals surface area contributed by atoms with Crippen LogP contribution in [-0.4, -0.2) is 35.4 Å². The lowest BCUT2D eigenvalue weighted by molar-refractivity contribution is -0.160. The highest BCUT2D eigenvalue weighted by molar-refractivity contribution is 5.87. The Morgan fingerprint density at radius 1 is 1.22 bits per heavy atom. The minimum atomic E-state index is -0.929. The number of esters is 2. The van der Waals surface area contributed by atoms with Gasteiger partial charge in [-0.2, -0.15) is 0 Å². The van der Waals surface area contributed by atoms with Crippen molar-refractivity contribution in [3.63, 3.8) is 0 Å². The van der Waals surface area contributed by atoms with Crippen LogP contribution in [0.4, 0.5) is 0 Å². The van der Waals surface area contributed by atoms with E-state index in [4.69, 9.17) is 9.47 Å². The van der Waals surface area contributed by atoms with Gasteiger partial charge in [0.05, 0.1) is 0 Å². The minimum absolute atomic E-state index is 0.000663. The summed E-state index contributed by atoms with van der Waals surface area (Å²) in [6.07, 6.45) is 2.38. The van der Waals surface area contributed by atoms with Gasteiger partial charge in [-0.3, -0.25) is 4.79 Å².